The van der Waals surface area contributed by atoms with Crippen LogP contribution in [-0.2, 0) is 14.6 Å². The van der Waals surface area contributed by atoms with Gasteiger partial charge in [-0.3, -0.25) is 14.9 Å². The Hall–Kier alpha value is -3.00. The number of non-ortho nitro benzene ring substituents is 1. The molecule has 27 heavy (non-hydrogen) atoms. The minimum absolute atomic E-state index is 0.0137. The quantitative estimate of drug-likeness (QED) is 0.445. The first-order valence-corrected chi connectivity index (χ1v) is 10.1. The van der Waals surface area contributed by atoms with Gasteiger partial charge in [0.1, 0.15) is 0 Å². The molecule has 0 aliphatic carbocycles. The van der Waals surface area contributed by atoms with Crippen molar-refractivity contribution < 1.29 is 18.1 Å². The average molecular weight is 388 g/mol. The molecule has 0 saturated heterocycles. The molecule has 0 aromatic heterocycles. The number of nitrogens with one attached hydrogen (secondary N) is 1. The molecule has 0 saturated carbocycles. The van der Waals surface area contributed by atoms with Crippen LogP contribution in [0.2, 0.25) is 0 Å². The average Bonchev–Trinajstić information content (AvgIpc) is 2.64. The maximum absolute atomic E-state index is 12.2. The number of hydrogen-bond acceptors (Lipinski definition) is 5. The number of amides is 1. The fourth-order valence-electron chi connectivity index (χ4n) is 2.47. The van der Waals surface area contributed by atoms with E-state index in [0.29, 0.717) is 12.0 Å². The maximum Gasteiger partial charge on any atom is 0.269 e. The van der Waals surface area contributed by atoms with Gasteiger partial charge in [-0.15, -0.1) is 0 Å². The summed E-state index contributed by atoms with van der Waals surface area (Å²) in [5, 5.41) is 13.5. The monoisotopic (exact) mass is 388 g/mol. The van der Waals surface area contributed by atoms with Crippen molar-refractivity contribution in [3.05, 3.63) is 75.8 Å². The van der Waals surface area contributed by atoms with Crippen LogP contribution in [0.3, 0.4) is 0 Å². The molecule has 7 nitrogen and oxygen atoms in total. The van der Waals surface area contributed by atoms with Gasteiger partial charge in [0.05, 0.1) is 15.9 Å². The largest absolute Gasteiger partial charge is 0.346 e. The third-order valence-electron chi connectivity index (χ3n) is 3.97. The van der Waals surface area contributed by atoms with E-state index in [1.54, 1.807) is 30.3 Å². The summed E-state index contributed by atoms with van der Waals surface area (Å²) in [6.07, 6.45) is 4.70. The number of rotatable bonds is 7. The molecule has 0 aliphatic heterocycles. The van der Waals surface area contributed by atoms with Crippen LogP contribution in [0.4, 0.5) is 5.69 Å². The third-order valence-corrected chi connectivity index (χ3v) is 5.09. The lowest BCUT2D eigenvalue weighted by Gasteiger charge is -2.16. The Bertz CT molecular complexity index is 949. The number of nitro benzene ring substituents is 1. The van der Waals surface area contributed by atoms with Gasteiger partial charge in [0.2, 0.25) is 5.91 Å². The Balaban J connectivity index is 2.05. The van der Waals surface area contributed by atoms with Crippen molar-refractivity contribution in [3.63, 3.8) is 0 Å². The van der Waals surface area contributed by atoms with E-state index in [9.17, 15) is 23.3 Å². The van der Waals surface area contributed by atoms with E-state index < -0.39 is 14.8 Å². The van der Waals surface area contributed by atoms with Crippen LogP contribution in [0.25, 0.3) is 6.08 Å². The Morgan fingerprint density at radius 1 is 1.15 bits per heavy atom. The molecule has 0 bridgehead atoms. The Labute approximate surface area is 157 Å². The minimum atomic E-state index is -3.26. The molecule has 0 fully saturated rings. The normalized spacial score (nSPS) is 12.7. The van der Waals surface area contributed by atoms with Crippen molar-refractivity contribution >= 4 is 27.5 Å². The van der Waals surface area contributed by atoms with Crippen LogP contribution in [0.15, 0.2) is 59.5 Å². The molecule has 8 heteroatoms. The van der Waals surface area contributed by atoms with Crippen LogP contribution in [0.5, 0.6) is 0 Å². The van der Waals surface area contributed by atoms with Crippen molar-refractivity contribution in [1.29, 1.82) is 0 Å². The highest BCUT2D eigenvalue weighted by atomic mass is 32.2. The van der Waals surface area contributed by atoms with Gasteiger partial charge in [0, 0.05) is 24.5 Å². The SMILES string of the molecule is CCC(NC(=O)/C=C/c1ccc([N+](=O)[O-])cc1)c1ccc(S(C)(=O)=O)cc1. The first-order chi connectivity index (χ1) is 12.7. The summed E-state index contributed by atoms with van der Waals surface area (Å²) >= 11 is 0. The van der Waals surface area contributed by atoms with Crippen molar-refractivity contribution in [1.82, 2.24) is 5.32 Å². The van der Waals surface area contributed by atoms with Gasteiger partial charge >= 0.3 is 0 Å². The Kier molecular flexibility index (Phi) is 6.46. The molecular formula is C19H20N2O5S. The topological polar surface area (TPSA) is 106 Å². The first kappa shape index (κ1) is 20.3. The van der Waals surface area contributed by atoms with E-state index in [-0.39, 0.29) is 22.5 Å². The lowest BCUT2D eigenvalue weighted by Crippen LogP contribution is -2.26. The maximum atomic E-state index is 12.2. The number of sulfone groups is 1. The predicted molar refractivity (Wildman–Crippen MR) is 103 cm³/mol. The van der Waals surface area contributed by atoms with Crippen LogP contribution >= 0.6 is 0 Å². The van der Waals surface area contributed by atoms with Gasteiger partial charge < -0.3 is 5.32 Å². The summed E-state index contributed by atoms with van der Waals surface area (Å²) in [4.78, 5) is 22.5. The zero-order valence-electron chi connectivity index (χ0n) is 15.0. The fraction of sp³-hybridized carbons (Fsp3) is 0.211. The zero-order valence-corrected chi connectivity index (χ0v) is 15.8. The molecule has 142 valence electrons. The zero-order chi connectivity index (χ0) is 20.0. The number of hydrogen-bond donors (Lipinski definition) is 1. The van der Waals surface area contributed by atoms with E-state index in [4.69, 9.17) is 0 Å². The molecule has 1 unspecified atom stereocenters. The van der Waals surface area contributed by atoms with Gasteiger partial charge in [-0.1, -0.05) is 19.1 Å². The third kappa shape index (κ3) is 5.75. The lowest BCUT2D eigenvalue weighted by atomic mass is 10.0. The van der Waals surface area contributed by atoms with Crippen LogP contribution in [-0.4, -0.2) is 25.5 Å². The summed E-state index contributed by atoms with van der Waals surface area (Å²) < 4.78 is 23.0. The predicted octanol–water partition coefficient (Wildman–Crippen LogP) is 3.28. The second kappa shape index (κ2) is 8.59. The lowest BCUT2D eigenvalue weighted by molar-refractivity contribution is -0.384. The van der Waals surface area contributed by atoms with E-state index in [1.165, 1.54) is 30.3 Å². The van der Waals surface area contributed by atoms with Crippen molar-refractivity contribution in [3.8, 4) is 0 Å². The molecular weight excluding hydrogens is 368 g/mol. The minimum Gasteiger partial charge on any atom is -0.346 e. The molecule has 0 radical (unpaired) electrons. The van der Waals surface area contributed by atoms with Crippen LogP contribution in [0.1, 0.15) is 30.5 Å². The summed E-state index contributed by atoms with van der Waals surface area (Å²) in [6.45, 7) is 1.91. The van der Waals surface area contributed by atoms with Gasteiger partial charge in [-0.2, -0.15) is 0 Å². The smallest absolute Gasteiger partial charge is 0.269 e. The summed E-state index contributed by atoms with van der Waals surface area (Å²) in [5.74, 6) is -0.313. The molecule has 1 amide bonds. The second-order valence-electron chi connectivity index (χ2n) is 5.99. The van der Waals surface area contributed by atoms with Crippen molar-refractivity contribution in [2.45, 2.75) is 24.3 Å². The second-order valence-corrected chi connectivity index (χ2v) is 8.01. The highest BCUT2D eigenvalue weighted by molar-refractivity contribution is 7.90. The summed E-state index contributed by atoms with van der Waals surface area (Å²) in [6, 6.07) is 12.0. The van der Waals surface area contributed by atoms with E-state index in [2.05, 4.69) is 5.32 Å². The van der Waals surface area contributed by atoms with Gasteiger partial charge in [0.15, 0.2) is 9.84 Å². The number of carbonyl (C=O) groups excluding carboxylic acids is 1. The molecule has 0 spiro atoms. The highest BCUT2D eigenvalue weighted by Gasteiger charge is 2.13. The van der Waals surface area contributed by atoms with E-state index in [0.717, 1.165) is 11.8 Å². The van der Waals surface area contributed by atoms with Crippen molar-refractivity contribution in [2.75, 3.05) is 6.26 Å². The molecule has 2 rings (SSSR count). The van der Waals surface area contributed by atoms with Gasteiger partial charge in [0.25, 0.3) is 5.69 Å². The molecule has 2 aromatic carbocycles. The Morgan fingerprint density at radius 3 is 2.22 bits per heavy atom. The Morgan fingerprint density at radius 2 is 1.74 bits per heavy atom. The summed E-state index contributed by atoms with van der Waals surface area (Å²) in [5.41, 5.74) is 1.46. The number of benzene rings is 2. The first-order valence-electron chi connectivity index (χ1n) is 8.23. The summed E-state index contributed by atoms with van der Waals surface area (Å²) in [7, 11) is -3.26. The molecule has 0 heterocycles. The number of nitrogens with zero attached hydrogens (tertiary/aromatic N) is 1. The number of carbonyl (C=O) groups is 1. The van der Waals surface area contributed by atoms with E-state index >= 15 is 0 Å². The van der Waals surface area contributed by atoms with Crippen LogP contribution in [0, 0.1) is 10.1 Å². The highest BCUT2D eigenvalue weighted by Crippen LogP contribution is 2.19. The van der Waals surface area contributed by atoms with Crippen molar-refractivity contribution in [2.24, 2.45) is 0 Å². The van der Waals surface area contributed by atoms with E-state index in [1.807, 2.05) is 6.92 Å². The fourth-order valence-corrected chi connectivity index (χ4v) is 3.10. The van der Waals surface area contributed by atoms with Gasteiger partial charge in [-0.05, 0) is 47.9 Å². The molecule has 0 aliphatic rings. The number of nitro groups is 1. The molecule has 1 N–H and O–H groups in total. The standard InChI is InChI=1S/C19H20N2O5S/c1-3-18(15-7-11-17(12-8-15)27(2,25)26)20-19(22)13-6-14-4-9-16(10-5-14)21(23)24/h4-13,18H,3H2,1-2H3,(H,20,22)/b13-6+. The molecule has 2 aromatic rings. The van der Waals surface area contributed by atoms with Gasteiger partial charge in [-0.25, -0.2) is 8.42 Å². The van der Waals surface area contributed by atoms with Crippen LogP contribution < -0.4 is 5.32 Å². The molecule has 1 atom stereocenters.